The third-order valence-corrected chi connectivity index (χ3v) is 5.43. The molecule has 25 heavy (non-hydrogen) atoms. The van der Waals surface area contributed by atoms with Crippen molar-refractivity contribution in [2.24, 2.45) is 0 Å². The Labute approximate surface area is 161 Å². The molecule has 1 aromatic carbocycles. The first-order valence-electron chi connectivity index (χ1n) is 8.51. The molecule has 4 rings (SSSR count). The summed E-state index contributed by atoms with van der Waals surface area (Å²) in [6, 6.07) is 8.69. The average molecular weight is 445 g/mol. The zero-order valence-corrected chi connectivity index (χ0v) is 16.3. The maximum Gasteiger partial charge on any atom is 0.142 e. The Bertz CT molecular complexity index is 948. The van der Waals surface area contributed by atoms with Gasteiger partial charge in [0.2, 0.25) is 0 Å². The topological polar surface area (TPSA) is 41.2 Å². The van der Waals surface area contributed by atoms with Gasteiger partial charge in [-0.05, 0) is 59.2 Å². The fourth-order valence-electron chi connectivity index (χ4n) is 3.55. The highest BCUT2D eigenvalue weighted by atomic mass is 127. The maximum atomic E-state index is 5.86. The number of nitrogens with zero attached hydrogens (tertiary/aromatic N) is 2. The lowest BCUT2D eigenvalue weighted by molar-refractivity contribution is 0.344. The normalized spacial score (nSPS) is 13.3. The van der Waals surface area contributed by atoms with E-state index in [-0.39, 0.29) is 0 Å². The van der Waals surface area contributed by atoms with Gasteiger partial charge in [-0.15, -0.1) is 6.58 Å². The zero-order valence-electron chi connectivity index (χ0n) is 14.2. The van der Waals surface area contributed by atoms with Crippen LogP contribution in [0, 0.1) is 3.70 Å². The monoisotopic (exact) mass is 445 g/mol. The van der Waals surface area contributed by atoms with Crippen LogP contribution >= 0.6 is 22.6 Å². The number of ether oxygens (including phenoxy) is 1. The standard InChI is InChI=1S/C20H20IN3O/c1-3-10-24-11-8-13-5-6-14(12-15(13)24)17-18-16(25-4-2)7-9-22-20(18)23-19(17)21/h3,5-7,9,12H,1,4,8,10-11H2,2H3,(H,22,23). The number of aromatic nitrogens is 2. The summed E-state index contributed by atoms with van der Waals surface area (Å²) in [5.74, 6) is 0.880. The minimum absolute atomic E-state index is 0.637. The largest absolute Gasteiger partial charge is 0.493 e. The van der Waals surface area contributed by atoms with Gasteiger partial charge in [0.05, 0.1) is 15.7 Å². The molecule has 0 bridgehead atoms. The maximum absolute atomic E-state index is 5.86. The van der Waals surface area contributed by atoms with E-state index in [9.17, 15) is 0 Å². The van der Waals surface area contributed by atoms with E-state index in [0.717, 1.165) is 40.0 Å². The van der Waals surface area contributed by atoms with Gasteiger partial charge in [0.15, 0.2) is 0 Å². The summed E-state index contributed by atoms with van der Waals surface area (Å²) in [7, 11) is 0. The molecule has 0 spiro atoms. The minimum atomic E-state index is 0.637. The molecular formula is C20H20IN3O. The van der Waals surface area contributed by atoms with E-state index < -0.39 is 0 Å². The van der Waals surface area contributed by atoms with Gasteiger partial charge >= 0.3 is 0 Å². The first kappa shape index (κ1) is 16.4. The predicted molar refractivity (Wildman–Crippen MR) is 112 cm³/mol. The van der Waals surface area contributed by atoms with E-state index in [1.165, 1.54) is 22.4 Å². The number of H-pyrrole nitrogens is 1. The molecule has 3 aromatic rings. The zero-order chi connectivity index (χ0) is 17.4. The van der Waals surface area contributed by atoms with Gasteiger partial charge in [-0.2, -0.15) is 0 Å². The van der Waals surface area contributed by atoms with Crippen LogP contribution in [0.25, 0.3) is 22.2 Å². The van der Waals surface area contributed by atoms with Crippen LogP contribution in [0.4, 0.5) is 5.69 Å². The van der Waals surface area contributed by atoms with Gasteiger partial charge in [0.25, 0.3) is 0 Å². The second kappa shape index (κ2) is 6.71. The van der Waals surface area contributed by atoms with Gasteiger partial charge in [-0.1, -0.05) is 18.2 Å². The number of pyridine rings is 1. The van der Waals surface area contributed by atoms with Crippen molar-refractivity contribution in [2.45, 2.75) is 13.3 Å². The molecule has 1 N–H and O–H groups in total. The second-order valence-electron chi connectivity index (χ2n) is 6.11. The fraction of sp³-hybridized carbons (Fsp3) is 0.250. The van der Waals surface area contributed by atoms with Crippen molar-refractivity contribution in [3.63, 3.8) is 0 Å². The van der Waals surface area contributed by atoms with Crippen LogP contribution in [0.1, 0.15) is 12.5 Å². The van der Waals surface area contributed by atoms with Crippen LogP contribution in [0.3, 0.4) is 0 Å². The average Bonchev–Trinajstić information content (AvgIpc) is 3.16. The number of fused-ring (bicyclic) bond motifs is 2. The van der Waals surface area contributed by atoms with Crippen molar-refractivity contribution >= 4 is 39.3 Å². The highest BCUT2D eigenvalue weighted by Gasteiger charge is 2.22. The number of benzene rings is 1. The molecule has 2 aromatic heterocycles. The summed E-state index contributed by atoms with van der Waals surface area (Å²) < 4.78 is 6.94. The number of hydrogen-bond donors (Lipinski definition) is 1. The fourth-order valence-corrected chi connectivity index (χ4v) is 4.39. The summed E-state index contributed by atoms with van der Waals surface area (Å²) in [6.45, 7) is 8.47. The highest BCUT2D eigenvalue weighted by molar-refractivity contribution is 14.1. The van der Waals surface area contributed by atoms with E-state index in [1.54, 1.807) is 6.20 Å². The van der Waals surface area contributed by atoms with Gasteiger partial charge in [0, 0.05) is 30.5 Å². The quantitative estimate of drug-likeness (QED) is 0.454. The van der Waals surface area contributed by atoms with Gasteiger partial charge in [0.1, 0.15) is 11.4 Å². The van der Waals surface area contributed by atoms with Gasteiger partial charge < -0.3 is 14.6 Å². The molecule has 0 fully saturated rings. The molecule has 0 amide bonds. The molecule has 1 aliphatic rings. The number of aromatic amines is 1. The van der Waals surface area contributed by atoms with Crippen molar-refractivity contribution in [3.05, 3.63) is 52.4 Å². The van der Waals surface area contributed by atoms with Crippen LogP contribution in [-0.4, -0.2) is 29.7 Å². The molecule has 0 aliphatic carbocycles. The summed E-state index contributed by atoms with van der Waals surface area (Å²) in [4.78, 5) is 10.3. The van der Waals surface area contributed by atoms with E-state index in [4.69, 9.17) is 4.74 Å². The minimum Gasteiger partial charge on any atom is -0.493 e. The molecule has 128 valence electrons. The van der Waals surface area contributed by atoms with Gasteiger partial charge in [-0.25, -0.2) is 4.98 Å². The second-order valence-corrected chi connectivity index (χ2v) is 7.19. The molecule has 0 radical (unpaired) electrons. The summed E-state index contributed by atoms with van der Waals surface area (Å²) in [6.07, 6.45) is 4.85. The van der Waals surface area contributed by atoms with Crippen LogP contribution in [0.2, 0.25) is 0 Å². The van der Waals surface area contributed by atoms with Crippen molar-refractivity contribution in [1.29, 1.82) is 0 Å². The van der Waals surface area contributed by atoms with E-state index in [1.807, 2.05) is 19.1 Å². The third kappa shape index (κ3) is 2.80. The predicted octanol–water partition coefficient (Wildman–Crippen LogP) is 4.78. The van der Waals surface area contributed by atoms with E-state index >= 15 is 0 Å². The molecular weight excluding hydrogens is 425 g/mol. The summed E-state index contributed by atoms with van der Waals surface area (Å²) >= 11 is 2.35. The number of nitrogens with one attached hydrogen (secondary N) is 1. The lowest BCUT2D eigenvalue weighted by Gasteiger charge is -2.18. The molecule has 4 nitrogen and oxygen atoms in total. The lowest BCUT2D eigenvalue weighted by Crippen LogP contribution is -2.19. The number of halogens is 1. The Morgan fingerprint density at radius 3 is 3.08 bits per heavy atom. The number of hydrogen-bond acceptors (Lipinski definition) is 3. The number of anilines is 1. The molecule has 3 heterocycles. The van der Waals surface area contributed by atoms with Crippen LogP contribution in [0.15, 0.2) is 43.1 Å². The van der Waals surface area contributed by atoms with E-state index in [0.29, 0.717) is 6.61 Å². The highest BCUT2D eigenvalue weighted by Crippen LogP contribution is 2.40. The lowest BCUT2D eigenvalue weighted by atomic mass is 10.0. The van der Waals surface area contributed by atoms with Crippen molar-refractivity contribution < 1.29 is 4.74 Å². The molecule has 0 saturated heterocycles. The number of rotatable bonds is 5. The Morgan fingerprint density at radius 2 is 2.28 bits per heavy atom. The smallest absolute Gasteiger partial charge is 0.142 e. The van der Waals surface area contributed by atoms with Crippen molar-refractivity contribution in [1.82, 2.24) is 9.97 Å². The van der Waals surface area contributed by atoms with Crippen LogP contribution < -0.4 is 9.64 Å². The van der Waals surface area contributed by atoms with Crippen LogP contribution in [-0.2, 0) is 6.42 Å². The molecule has 0 saturated carbocycles. The molecule has 0 unspecified atom stereocenters. The molecule has 1 aliphatic heterocycles. The Morgan fingerprint density at radius 1 is 1.40 bits per heavy atom. The SMILES string of the molecule is C=CCN1CCc2ccc(-c3c(I)[nH]c4nccc(OCC)c34)cc21. The summed E-state index contributed by atoms with van der Waals surface area (Å²) in [5, 5.41) is 1.06. The molecule has 0 atom stereocenters. The Hall–Kier alpha value is -2.02. The first-order valence-corrected chi connectivity index (χ1v) is 9.59. The Balaban J connectivity index is 1.89. The third-order valence-electron chi connectivity index (χ3n) is 4.63. The van der Waals surface area contributed by atoms with Crippen LogP contribution in [0.5, 0.6) is 5.75 Å². The van der Waals surface area contributed by atoms with E-state index in [2.05, 4.69) is 62.2 Å². The molecule has 5 heteroatoms. The van der Waals surface area contributed by atoms with Gasteiger partial charge in [-0.3, -0.25) is 0 Å². The van der Waals surface area contributed by atoms with Crippen molar-refractivity contribution in [2.75, 3.05) is 24.6 Å². The summed E-state index contributed by atoms with van der Waals surface area (Å²) in [5.41, 5.74) is 5.95. The Kier molecular flexibility index (Phi) is 4.41. The van der Waals surface area contributed by atoms with Crippen molar-refractivity contribution in [3.8, 4) is 16.9 Å². The first-order chi connectivity index (χ1) is 12.2.